The van der Waals surface area contributed by atoms with Crippen LogP contribution in [-0.2, 0) is 4.74 Å². The molecular weight excluding hydrogens is 302 g/mol. The average molecular weight is 315 g/mol. The molecule has 0 saturated heterocycles. The third kappa shape index (κ3) is 2.35. The van der Waals surface area contributed by atoms with E-state index in [0.29, 0.717) is 10.4 Å². The second-order valence-electron chi connectivity index (χ2n) is 4.50. The van der Waals surface area contributed by atoms with Gasteiger partial charge in [0.15, 0.2) is 5.13 Å². The van der Waals surface area contributed by atoms with Gasteiger partial charge < -0.3 is 10.5 Å². The van der Waals surface area contributed by atoms with Gasteiger partial charge in [-0.1, -0.05) is 29.5 Å². The number of nitrogens with two attached hydrogens (primary N) is 1. The van der Waals surface area contributed by atoms with Crippen LogP contribution in [-0.4, -0.2) is 22.1 Å². The quantitative estimate of drug-likeness (QED) is 0.749. The Morgan fingerprint density at radius 3 is 2.77 bits per heavy atom. The van der Waals surface area contributed by atoms with E-state index in [4.69, 9.17) is 10.5 Å². The Balaban J connectivity index is 2.33. The Kier molecular flexibility index (Phi) is 3.64. The number of esters is 1. The van der Waals surface area contributed by atoms with Crippen molar-refractivity contribution < 1.29 is 9.53 Å². The Labute approximate surface area is 129 Å². The molecule has 0 amide bonds. The van der Waals surface area contributed by atoms with Crippen molar-refractivity contribution in [3.05, 3.63) is 52.4 Å². The summed E-state index contributed by atoms with van der Waals surface area (Å²) in [5.74, 6) is -0.525. The van der Waals surface area contributed by atoms with Crippen LogP contribution in [0.25, 0.3) is 15.9 Å². The number of hydrogen-bond acceptors (Lipinski definition) is 6. The van der Waals surface area contributed by atoms with Crippen molar-refractivity contribution in [1.29, 1.82) is 0 Å². The van der Waals surface area contributed by atoms with Crippen LogP contribution in [0, 0.1) is 0 Å². The molecule has 112 valence electrons. The van der Waals surface area contributed by atoms with Gasteiger partial charge in [-0.25, -0.2) is 9.78 Å². The fourth-order valence-electron chi connectivity index (χ4n) is 2.16. The van der Waals surface area contributed by atoms with Gasteiger partial charge in [-0.15, -0.1) is 0 Å². The van der Waals surface area contributed by atoms with Crippen molar-refractivity contribution in [2.24, 2.45) is 0 Å². The SMILES string of the molecule is CCOC(=O)c1cn(-c2ccccc2)c(=O)c2sc(N)nc12. The minimum absolute atomic E-state index is 0.230. The summed E-state index contributed by atoms with van der Waals surface area (Å²) in [6.07, 6.45) is 1.46. The van der Waals surface area contributed by atoms with Crippen LogP contribution in [0.15, 0.2) is 41.3 Å². The standard InChI is InChI=1S/C15H13N3O3S/c1-2-21-14(20)10-8-18(9-6-4-3-5-7-9)13(19)12-11(10)17-15(16)22-12/h3-8H,2H2,1H3,(H2,16,17). The number of fused-ring (bicyclic) bond motifs is 1. The Hall–Kier alpha value is -2.67. The van der Waals surface area contributed by atoms with Gasteiger partial charge in [-0.3, -0.25) is 9.36 Å². The lowest BCUT2D eigenvalue weighted by molar-refractivity contribution is 0.0528. The molecule has 0 spiro atoms. The minimum Gasteiger partial charge on any atom is -0.462 e. The molecule has 2 N–H and O–H groups in total. The van der Waals surface area contributed by atoms with E-state index in [2.05, 4.69) is 4.98 Å². The van der Waals surface area contributed by atoms with Crippen LogP contribution >= 0.6 is 11.3 Å². The predicted octanol–water partition coefficient (Wildman–Crippen LogP) is 2.21. The zero-order chi connectivity index (χ0) is 15.7. The number of thiazole rings is 1. The summed E-state index contributed by atoms with van der Waals surface area (Å²) in [7, 11) is 0. The lowest BCUT2D eigenvalue weighted by Gasteiger charge is -2.09. The summed E-state index contributed by atoms with van der Waals surface area (Å²) in [5.41, 5.74) is 6.62. The smallest absolute Gasteiger partial charge is 0.341 e. The average Bonchev–Trinajstić information content (AvgIpc) is 2.91. The number of hydrogen-bond donors (Lipinski definition) is 1. The topological polar surface area (TPSA) is 87.2 Å². The number of carbonyl (C=O) groups is 1. The third-order valence-corrected chi connectivity index (χ3v) is 3.97. The monoisotopic (exact) mass is 315 g/mol. The molecule has 0 aliphatic rings. The van der Waals surface area contributed by atoms with Crippen LogP contribution in [0.1, 0.15) is 17.3 Å². The second kappa shape index (κ2) is 5.61. The second-order valence-corrected chi connectivity index (χ2v) is 5.53. The molecule has 3 rings (SSSR count). The number of anilines is 1. The molecule has 0 unspecified atom stereocenters. The molecule has 2 aromatic heterocycles. The molecule has 0 fully saturated rings. The van der Waals surface area contributed by atoms with Crippen molar-refractivity contribution in [1.82, 2.24) is 9.55 Å². The van der Waals surface area contributed by atoms with Gasteiger partial charge >= 0.3 is 5.97 Å². The highest BCUT2D eigenvalue weighted by molar-refractivity contribution is 7.22. The maximum atomic E-state index is 12.6. The van der Waals surface area contributed by atoms with Crippen molar-refractivity contribution in [3.63, 3.8) is 0 Å². The molecule has 7 heteroatoms. The molecular formula is C15H13N3O3S. The lowest BCUT2D eigenvalue weighted by atomic mass is 10.2. The van der Waals surface area contributed by atoms with Crippen molar-refractivity contribution in [2.75, 3.05) is 12.3 Å². The van der Waals surface area contributed by atoms with E-state index >= 15 is 0 Å². The molecule has 0 saturated carbocycles. The van der Waals surface area contributed by atoms with Crippen molar-refractivity contribution in [2.45, 2.75) is 6.92 Å². The maximum Gasteiger partial charge on any atom is 0.341 e. The van der Waals surface area contributed by atoms with Gasteiger partial charge in [0, 0.05) is 11.9 Å². The molecule has 2 heterocycles. The van der Waals surface area contributed by atoms with Crippen LogP contribution in [0.4, 0.5) is 5.13 Å². The maximum absolute atomic E-state index is 12.6. The van der Waals surface area contributed by atoms with Gasteiger partial charge in [0.25, 0.3) is 5.56 Å². The number of pyridine rings is 1. The number of benzene rings is 1. The molecule has 22 heavy (non-hydrogen) atoms. The minimum atomic E-state index is -0.525. The molecule has 3 aromatic rings. The number of rotatable bonds is 3. The van der Waals surface area contributed by atoms with E-state index in [0.717, 1.165) is 11.3 Å². The van der Waals surface area contributed by atoms with E-state index in [1.165, 1.54) is 10.8 Å². The fraction of sp³-hybridized carbons (Fsp3) is 0.133. The van der Waals surface area contributed by atoms with Crippen LogP contribution in [0.2, 0.25) is 0 Å². The van der Waals surface area contributed by atoms with Crippen molar-refractivity contribution in [3.8, 4) is 5.69 Å². The Morgan fingerprint density at radius 1 is 1.36 bits per heavy atom. The third-order valence-electron chi connectivity index (χ3n) is 3.10. The summed E-state index contributed by atoms with van der Waals surface area (Å²) in [6.45, 7) is 1.96. The fourth-order valence-corrected chi connectivity index (χ4v) is 2.95. The number of para-hydroxylation sites is 1. The number of carbonyl (C=O) groups excluding carboxylic acids is 1. The Bertz CT molecular complexity index is 900. The highest BCUT2D eigenvalue weighted by Gasteiger charge is 2.20. The van der Waals surface area contributed by atoms with Gasteiger partial charge in [0.2, 0.25) is 0 Å². The zero-order valence-electron chi connectivity index (χ0n) is 11.8. The van der Waals surface area contributed by atoms with Gasteiger partial charge in [0.05, 0.1) is 6.61 Å². The molecule has 0 bridgehead atoms. The molecule has 0 atom stereocenters. The molecule has 0 radical (unpaired) electrons. The molecule has 6 nitrogen and oxygen atoms in total. The molecule has 0 aliphatic heterocycles. The largest absolute Gasteiger partial charge is 0.462 e. The van der Waals surface area contributed by atoms with E-state index in [1.807, 2.05) is 18.2 Å². The van der Waals surface area contributed by atoms with Gasteiger partial charge in [0.1, 0.15) is 15.8 Å². The van der Waals surface area contributed by atoms with Crippen molar-refractivity contribution >= 4 is 32.7 Å². The van der Waals surface area contributed by atoms with Gasteiger partial charge in [-0.05, 0) is 19.1 Å². The van der Waals surface area contributed by atoms with E-state index in [-0.39, 0.29) is 28.4 Å². The van der Waals surface area contributed by atoms with Gasteiger partial charge in [-0.2, -0.15) is 0 Å². The first kappa shape index (κ1) is 14.3. The number of ether oxygens (including phenoxy) is 1. The first-order valence-electron chi connectivity index (χ1n) is 6.66. The highest BCUT2D eigenvalue weighted by atomic mass is 32.1. The molecule has 0 aliphatic carbocycles. The van der Waals surface area contributed by atoms with E-state index in [9.17, 15) is 9.59 Å². The van der Waals surface area contributed by atoms with E-state index in [1.54, 1.807) is 19.1 Å². The number of aromatic nitrogens is 2. The molecule has 1 aromatic carbocycles. The normalized spacial score (nSPS) is 10.8. The zero-order valence-corrected chi connectivity index (χ0v) is 12.6. The van der Waals surface area contributed by atoms with Crippen LogP contribution in [0.5, 0.6) is 0 Å². The predicted molar refractivity (Wildman–Crippen MR) is 85.6 cm³/mol. The first-order valence-corrected chi connectivity index (χ1v) is 7.47. The summed E-state index contributed by atoms with van der Waals surface area (Å²) in [4.78, 5) is 28.8. The highest BCUT2D eigenvalue weighted by Crippen LogP contribution is 2.25. The van der Waals surface area contributed by atoms with E-state index < -0.39 is 5.97 Å². The summed E-state index contributed by atoms with van der Waals surface area (Å²) < 4.78 is 6.79. The first-order chi connectivity index (χ1) is 10.6. The Morgan fingerprint density at radius 2 is 2.09 bits per heavy atom. The lowest BCUT2D eigenvalue weighted by Crippen LogP contribution is -2.20. The number of nitrogens with zero attached hydrogens (tertiary/aromatic N) is 2. The summed E-state index contributed by atoms with van der Waals surface area (Å²) in [5, 5.41) is 0.239. The summed E-state index contributed by atoms with van der Waals surface area (Å²) in [6, 6.07) is 9.05. The van der Waals surface area contributed by atoms with Crippen LogP contribution in [0.3, 0.4) is 0 Å². The summed E-state index contributed by atoms with van der Waals surface area (Å²) >= 11 is 1.06. The number of nitrogen functional groups attached to an aromatic ring is 1. The van der Waals surface area contributed by atoms with Crippen LogP contribution < -0.4 is 11.3 Å².